The van der Waals surface area contributed by atoms with Gasteiger partial charge in [0.2, 0.25) is 23.6 Å². The van der Waals surface area contributed by atoms with E-state index in [1.807, 2.05) is 84.7 Å². The minimum atomic E-state index is -1.07. The summed E-state index contributed by atoms with van der Waals surface area (Å²) in [6, 6.07) is 29.5. The molecule has 7 aliphatic rings. The van der Waals surface area contributed by atoms with Gasteiger partial charge in [0.25, 0.3) is 0 Å². The van der Waals surface area contributed by atoms with E-state index in [1.54, 1.807) is 14.2 Å². The van der Waals surface area contributed by atoms with Gasteiger partial charge in [0, 0.05) is 119 Å². The van der Waals surface area contributed by atoms with Crippen LogP contribution in [0.1, 0.15) is 198 Å². The Morgan fingerprint density at radius 2 is 1.01 bits per heavy atom. The monoisotopic (exact) mass is 1720 g/mol. The molecule has 0 atom stereocenters. The summed E-state index contributed by atoms with van der Waals surface area (Å²) in [4.78, 5) is 78.1. The molecule has 5 aliphatic heterocycles. The second-order valence-electron chi connectivity index (χ2n) is 35.4. The zero-order valence-corrected chi connectivity index (χ0v) is 74.8. The smallest absolute Gasteiger partial charge is 0.494 e. The first-order valence-electron chi connectivity index (χ1n) is 44.0. The number of aromatic nitrogens is 6. The molecule has 7 N–H and O–H groups in total. The Balaban J connectivity index is 0.000000163. The molecule has 2 saturated carbocycles. The second-order valence-corrected chi connectivity index (χ2v) is 36.3. The third-order valence-corrected chi connectivity index (χ3v) is 25.9. The normalized spacial score (nSPS) is 18.3. The summed E-state index contributed by atoms with van der Waals surface area (Å²) in [5.41, 5.74) is 11.8. The van der Waals surface area contributed by atoms with Crippen LogP contribution in [0.3, 0.4) is 0 Å². The fourth-order valence-electron chi connectivity index (χ4n) is 17.0. The van der Waals surface area contributed by atoms with Crippen LogP contribution < -0.4 is 52.2 Å². The van der Waals surface area contributed by atoms with Gasteiger partial charge in [-0.1, -0.05) is 74.5 Å². The number of amides is 5. The van der Waals surface area contributed by atoms with Crippen molar-refractivity contribution >= 4 is 91.7 Å². The molecule has 4 aromatic heterocycles. The number of nitrogens with zero attached hydrogens (tertiary/aromatic N) is 7. The number of aryl methyl sites for hydroxylation is 4. The van der Waals surface area contributed by atoms with Crippen molar-refractivity contribution in [3.8, 4) is 22.6 Å². The van der Waals surface area contributed by atoms with Crippen LogP contribution >= 0.6 is 15.9 Å². The molecule has 5 saturated heterocycles. The number of pyridine rings is 2. The van der Waals surface area contributed by atoms with Crippen molar-refractivity contribution in [3.05, 3.63) is 147 Å². The van der Waals surface area contributed by atoms with Crippen LogP contribution in [0, 0.1) is 22.7 Å². The minimum Gasteiger partial charge on any atom is -0.496 e. The van der Waals surface area contributed by atoms with E-state index in [4.69, 9.17) is 43.0 Å². The summed E-state index contributed by atoms with van der Waals surface area (Å²) in [6.45, 7) is 31.5. The largest absolute Gasteiger partial charge is 0.496 e. The zero-order valence-electron chi connectivity index (χ0n) is 73.2. The lowest BCUT2D eigenvalue weighted by Gasteiger charge is -2.33. The summed E-state index contributed by atoms with van der Waals surface area (Å²) >= 11 is 3.48. The van der Waals surface area contributed by atoms with E-state index in [1.165, 1.54) is 24.0 Å². The maximum Gasteiger partial charge on any atom is 0.494 e. The Labute approximate surface area is 721 Å². The number of halogens is 1. The van der Waals surface area contributed by atoms with Crippen molar-refractivity contribution in [1.29, 1.82) is 0 Å². The Kier molecular flexibility index (Phi) is 29.3. The van der Waals surface area contributed by atoms with Crippen molar-refractivity contribution in [2.75, 3.05) is 77.5 Å². The molecule has 0 bridgehead atoms. The molecule has 9 heterocycles. The summed E-state index contributed by atoms with van der Waals surface area (Å²) < 4.78 is 44.7. The predicted octanol–water partition coefficient (Wildman–Crippen LogP) is 13.8. The van der Waals surface area contributed by atoms with Gasteiger partial charge in [0.05, 0.1) is 64.4 Å². The first-order chi connectivity index (χ1) is 58.2. The third-order valence-electron chi connectivity index (χ3n) is 25.3. The van der Waals surface area contributed by atoms with Crippen molar-refractivity contribution in [1.82, 2.24) is 61.0 Å². The average Bonchev–Trinajstić information content (AvgIpc) is 1.68. The highest BCUT2D eigenvalue weighted by Crippen LogP contribution is 2.48. The van der Waals surface area contributed by atoms with Crippen molar-refractivity contribution < 1.29 is 57.0 Å². The van der Waals surface area contributed by atoms with Crippen molar-refractivity contribution in [3.63, 3.8) is 0 Å². The number of nitrogens with one attached hydrogen (secondary N) is 7. The minimum absolute atomic E-state index is 0.196. The molecule has 0 unspecified atom stereocenters. The van der Waals surface area contributed by atoms with Gasteiger partial charge in [0.1, 0.15) is 27.9 Å². The molecule has 0 radical (unpaired) electrons. The number of hydrogen-bond donors (Lipinski definition) is 7. The number of carbonyl (C=O) groups is 5. The fraction of sp³-hybridized carbons (Fsp3) is 0.559. The quantitative estimate of drug-likeness (QED) is 0.0177. The molecule has 0 spiro atoms. The fourth-order valence-corrected chi connectivity index (χ4v) is 17.6. The SMILES string of the molecule is CC(C)(C)OC(=O)N1CCC(Cc2cccc(B3OC(C)(C)C(C)(C)O3)c2)CC1.CCc1nc2c(cnn2CC)c(NC2CCOCC2)c1CNC(=O)C1(C(=O)NCc2ccc(OC)c(-c3cccc(CC4CCNCC4)c3)c2)CC1.CCc1nc2c(cnn2CC)c(NC2CCOCC2)c1CNC(=O)C1(C(=O)NCc2ccc(OC)c(Br)c2)CC1. The van der Waals surface area contributed by atoms with Gasteiger partial charge in [-0.05, 0) is 263 Å². The molecule has 650 valence electrons. The van der Waals surface area contributed by atoms with E-state index in [0.717, 1.165) is 197 Å². The average molecular weight is 1720 g/mol. The summed E-state index contributed by atoms with van der Waals surface area (Å²) in [6.07, 6.45) is 17.2. The maximum absolute atomic E-state index is 13.8. The van der Waals surface area contributed by atoms with Crippen LogP contribution in [-0.4, -0.2) is 167 Å². The van der Waals surface area contributed by atoms with Gasteiger partial charge < -0.3 is 75.1 Å². The topological polar surface area (TPSA) is 299 Å². The van der Waals surface area contributed by atoms with Gasteiger partial charge in [-0.2, -0.15) is 10.2 Å². The van der Waals surface area contributed by atoms with Gasteiger partial charge >= 0.3 is 13.2 Å². The third kappa shape index (κ3) is 21.5. The first-order valence-corrected chi connectivity index (χ1v) is 44.8. The standard InChI is InChI=1S/C41H53N7O4.C29H37BrN6O4.C23H36BNO4/c1-4-35-33(37(46-31-13-19-52-20-14-31)34-26-45-48(5-2)38(34)47-35)25-44-40(50)41(15-16-41)39(49)43-24-29-9-10-36(51-3)32(23-29)30-8-6-7-28(22-30)21-27-11-17-42-18-12-27;1-4-23-20(25(34-19-8-12-40-13-9-19)21-17-33-36(5-2)26(21)35-23)16-32-28(38)29(10-11-29)27(37)31-15-18-6-7-24(39-3)22(30)14-18;1-21(2,3)27-20(26)25-13-11-17(12-14-25)15-18-9-8-10-19(16-18)24-28-22(4,5)23(6,7)29-24/h6-10,22-23,26-27,31,42H,4-5,11-21,24-25H2,1-3H3,(H,43,49)(H,44,50)(H,46,47);6-7,14,17,19H,4-5,8-13,15-16H2,1-3H3,(H,31,37)(H,32,38)(H,34,35);8-10,16-17H,11-15H2,1-7H3. The maximum atomic E-state index is 13.8. The molecule has 15 rings (SSSR count). The first kappa shape index (κ1) is 89.6. The van der Waals surface area contributed by atoms with Crippen LogP contribution in [0.5, 0.6) is 11.5 Å². The highest BCUT2D eigenvalue weighted by atomic mass is 79.9. The van der Waals surface area contributed by atoms with Crippen molar-refractivity contribution in [2.45, 2.75) is 247 Å². The number of likely N-dealkylation sites (tertiary alicyclic amines) is 1. The number of ether oxygens (including phenoxy) is 5. The zero-order chi connectivity index (χ0) is 85.8. The number of anilines is 2. The van der Waals surface area contributed by atoms with Gasteiger partial charge in [-0.3, -0.25) is 19.2 Å². The number of piperidine rings is 2. The molecule has 5 amide bonds. The lowest BCUT2D eigenvalue weighted by atomic mass is 9.77. The van der Waals surface area contributed by atoms with Crippen LogP contribution in [0.2, 0.25) is 0 Å². The molecule has 121 heavy (non-hydrogen) atoms. The molecule has 8 aromatic rings. The molecule has 7 fully saturated rings. The van der Waals surface area contributed by atoms with Gasteiger partial charge in [-0.15, -0.1) is 0 Å². The lowest BCUT2D eigenvalue weighted by Crippen LogP contribution is -2.42. The second kappa shape index (κ2) is 39.6. The van der Waals surface area contributed by atoms with Crippen LogP contribution in [-0.2, 0) is 108 Å². The molecular formula is C93H126BBrN14O12. The molecule has 26 nitrogen and oxygen atoms in total. The molecular weight excluding hydrogens is 1600 g/mol. The number of fused-ring (bicyclic) bond motifs is 2. The Bertz CT molecular complexity index is 4940. The van der Waals surface area contributed by atoms with Gasteiger partial charge in [-0.25, -0.2) is 24.1 Å². The number of hydrogen-bond acceptors (Lipinski definition) is 19. The van der Waals surface area contributed by atoms with Crippen LogP contribution in [0.15, 0.2) is 102 Å². The summed E-state index contributed by atoms with van der Waals surface area (Å²) in [5.74, 6) is 1.81. The van der Waals surface area contributed by atoms with Gasteiger partial charge in [0.15, 0.2) is 11.3 Å². The summed E-state index contributed by atoms with van der Waals surface area (Å²) in [5, 5.41) is 34.3. The van der Waals surface area contributed by atoms with Crippen molar-refractivity contribution in [2.24, 2.45) is 22.7 Å². The number of methoxy groups -OCH3 is 2. The highest BCUT2D eigenvalue weighted by Gasteiger charge is 2.58. The summed E-state index contributed by atoms with van der Waals surface area (Å²) in [7, 11) is 2.97. The Morgan fingerprint density at radius 1 is 0.554 bits per heavy atom. The van der Waals surface area contributed by atoms with E-state index in [-0.39, 0.29) is 73.2 Å². The lowest BCUT2D eigenvalue weighted by molar-refractivity contribution is -0.138. The van der Waals surface area contributed by atoms with E-state index in [2.05, 4.69) is 166 Å². The Hall–Kier alpha value is -9.19. The molecule has 4 aromatic carbocycles. The Morgan fingerprint density at radius 3 is 1.46 bits per heavy atom. The highest BCUT2D eigenvalue weighted by molar-refractivity contribution is 9.10. The number of carbonyl (C=O) groups excluding carboxylic acids is 5. The van der Waals surface area contributed by atoms with E-state index in [9.17, 15) is 24.0 Å². The van der Waals surface area contributed by atoms with E-state index in [0.29, 0.717) is 83.2 Å². The van der Waals surface area contributed by atoms with E-state index < -0.39 is 16.4 Å². The molecule has 2 aliphatic carbocycles. The number of benzene rings is 4. The molecule has 28 heteroatoms. The number of rotatable bonds is 28. The van der Waals surface area contributed by atoms with E-state index >= 15 is 0 Å². The van der Waals surface area contributed by atoms with Crippen LogP contribution in [0.25, 0.3) is 33.2 Å². The predicted molar refractivity (Wildman–Crippen MR) is 476 cm³/mol. The van der Waals surface area contributed by atoms with Crippen LogP contribution in [0.4, 0.5) is 16.2 Å².